The van der Waals surface area contributed by atoms with Gasteiger partial charge in [0.25, 0.3) is 0 Å². The molecule has 2 N–H and O–H groups in total. The van der Waals surface area contributed by atoms with E-state index in [0.29, 0.717) is 6.61 Å². The lowest BCUT2D eigenvalue weighted by Crippen LogP contribution is -2.26. The third kappa shape index (κ3) is 5.36. The maximum absolute atomic E-state index is 12.5. The van der Waals surface area contributed by atoms with Crippen molar-refractivity contribution in [3.05, 3.63) is 59.7 Å². The average molecular weight is 411 g/mol. The standard InChI is InChI=1S/C18H22N2O5S2/c1-25-13-15-4-2-3-14(11-15)12-19-26(21,22)17-7-9-18(10-8-17)27(23,24)20-16-5-6-16/h2-4,7-11,16,19-20H,5-6,12-13H2,1H3. The molecule has 0 aromatic heterocycles. The Morgan fingerprint density at radius 2 is 1.52 bits per heavy atom. The highest BCUT2D eigenvalue weighted by molar-refractivity contribution is 7.90. The van der Waals surface area contributed by atoms with Crippen LogP contribution in [0.2, 0.25) is 0 Å². The topological polar surface area (TPSA) is 102 Å². The Hall–Kier alpha value is -1.78. The fourth-order valence-electron chi connectivity index (χ4n) is 2.54. The number of hydrogen-bond acceptors (Lipinski definition) is 5. The smallest absolute Gasteiger partial charge is 0.240 e. The third-order valence-electron chi connectivity index (χ3n) is 4.11. The van der Waals surface area contributed by atoms with Gasteiger partial charge < -0.3 is 4.74 Å². The van der Waals surface area contributed by atoms with Crippen LogP contribution < -0.4 is 9.44 Å². The number of hydrogen-bond donors (Lipinski definition) is 2. The minimum absolute atomic E-state index is 0.00560. The van der Waals surface area contributed by atoms with Gasteiger partial charge in [0.05, 0.1) is 16.4 Å². The molecule has 1 aliphatic rings. The zero-order valence-electron chi connectivity index (χ0n) is 14.9. The first-order valence-electron chi connectivity index (χ1n) is 8.49. The molecule has 2 aromatic carbocycles. The minimum atomic E-state index is -3.75. The molecule has 2 aromatic rings. The van der Waals surface area contributed by atoms with E-state index in [0.717, 1.165) is 24.0 Å². The van der Waals surface area contributed by atoms with Gasteiger partial charge in [-0.1, -0.05) is 24.3 Å². The molecule has 27 heavy (non-hydrogen) atoms. The largest absolute Gasteiger partial charge is 0.380 e. The van der Waals surface area contributed by atoms with Crippen molar-refractivity contribution >= 4 is 20.0 Å². The first kappa shape index (κ1) is 20.0. The zero-order chi connectivity index (χ0) is 19.5. The van der Waals surface area contributed by atoms with E-state index in [2.05, 4.69) is 9.44 Å². The van der Waals surface area contributed by atoms with Gasteiger partial charge in [0.2, 0.25) is 20.0 Å². The highest BCUT2D eigenvalue weighted by atomic mass is 32.2. The molecule has 1 saturated carbocycles. The molecule has 0 radical (unpaired) electrons. The Morgan fingerprint density at radius 3 is 2.11 bits per heavy atom. The maximum atomic E-state index is 12.5. The Labute approximate surface area is 159 Å². The Balaban J connectivity index is 1.68. The van der Waals surface area contributed by atoms with E-state index >= 15 is 0 Å². The van der Waals surface area contributed by atoms with E-state index in [1.807, 2.05) is 24.3 Å². The Morgan fingerprint density at radius 1 is 0.926 bits per heavy atom. The van der Waals surface area contributed by atoms with Crippen molar-refractivity contribution in [2.45, 2.75) is 41.8 Å². The van der Waals surface area contributed by atoms with Gasteiger partial charge in [-0.3, -0.25) is 0 Å². The summed E-state index contributed by atoms with van der Waals surface area (Å²) in [6.07, 6.45) is 1.67. The summed E-state index contributed by atoms with van der Waals surface area (Å²) in [6, 6.07) is 12.6. The molecule has 0 aliphatic heterocycles. The third-order valence-corrected chi connectivity index (χ3v) is 7.07. The number of ether oxygens (including phenoxy) is 1. The van der Waals surface area contributed by atoms with E-state index in [9.17, 15) is 16.8 Å². The summed E-state index contributed by atoms with van der Waals surface area (Å²) >= 11 is 0. The van der Waals surface area contributed by atoms with Crippen LogP contribution in [0.5, 0.6) is 0 Å². The van der Waals surface area contributed by atoms with Gasteiger partial charge in [-0.15, -0.1) is 0 Å². The lowest BCUT2D eigenvalue weighted by molar-refractivity contribution is 0.185. The van der Waals surface area contributed by atoms with Crippen LogP contribution in [0.15, 0.2) is 58.3 Å². The molecule has 0 saturated heterocycles. The van der Waals surface area contributed by atoms with Crippen LogP contribution in [0.1, 0.15) is 24.0 Å². The molecule has 0 atom stereocenters. The molecule has 9 heteroatoms. The van der Waals surface area contributed by atoms with E-state index in [1.165, 1.54) is 24.3 Å². The van der Waals surface area contributed by atoms with Gasteiger partial charge in [0.1, 0.15) is 0 Å². The van der Waals surface area contributed by atoms with Crippen molar-refractivity contribution in [2.24, 2.45) is 0 Å². The van der Waals surface area contributed by atoms with E-state index in [-0.39, 0.29) is 22.4 Å². The average Bonchev–Trinajstić information content (AvgIpc) is 3.44. The first-order chi connectivity index (χ1) is 12.8. The van der Waals surface area contributed by atoms with Crippen LogP contribution in [-0.2, 0) is 37.9 Å². The summed E-state index contributed by atoms with van der Waals surface area (Å²) in [5.74, 6) is 0. The van der Waals surface area contributed by atoms with Gasteiger partial charge in [-0.05, 0) is 48.2 Å². The summed E-state index contributed by atoms with van der Waals surface area (Å²) in [4.78, 5) is 0.0709. The van der Waals surface area contributed by atoms with Crippen molar-refractivity contribution in [3.63, 3.8) is 0 Å². The minimum Gasteiger partial charge on any atom is -0.380 e. The summed E-state index contributed by atoms with van der Waals surface area (Å²) in [5, 5.41) is 0. The van der Waals surface area contributed by atoms with Crippen LogP contribution in [0.4, 0.5) is 0 Å². The lowest BCUT2D eigenvalue weighted by Gasteiger charge is -2.10. The maximum Gasteiger partial charge on any atom is 0.240 e. The molecule has 0 unspecified atom stereocenters. The van der Waals surface area contributed by atoms with E-state index in [1.54, 1.807) is 7.11 Å². The molecule has 1 aliphatic carbocycles. The molecule has 1 fully saturated rings. The number of sulfonamides is 2. The molecule has 146 valence electrons. The van der Waals surface area contributed by atoms with Crippen molar-refractivity contribution in [2.75, 3.05) is 7.11 Å². The Bertz CT molecular complexity index is 998. The van der Waals surface area contributed by atoms with Crippen molar-refractivity contribution in [1.82, 2.24) is 9.44 Å². The molecule has 3 rings (SSSR count). The first-order valence-corrected chi connectivity index (χ1v) is 11.5. The fourth-order valence-corrected chi connectivity index (χ4v) is 4.87. The molecular weight excluding hydrogens is 388 g/mol. The molecule has 0 amide bonds. The number of benzene rings is 2. The highest BCUT2D eigenvalue weighted by Crippen LogP contribution is 2.22. The number of nitrogens with one attached hydrogen (secondary N) is 2. The molecule has 0 spiro atoms. The SMILES string of the molecule is COCc1cccc(CNS(=O)(=O)c2ccc(S(=O)(=O)NC3CC3)cc2)c1. The van der Waals surface area contributed by atoms with Crippen LogP contribution in [0.25, 0.3) is 0 Å². The summed E-state index contributed by atoms with van der Waals surface area (Å²) in [7, 11) is -5.76. The van der Waals surface area contributed by atoms with Gasteiger partial charge in [-0.25, -0.2) is 26.3 Å². The van der Waals surface area contributed by atoms with Crippen LogP contribution in [0, 0.1) is 0 Å². The van der Waals surface area contributed by atoms with Crippen LogP contribution >= 0.6 is 0 Å². The predicted molar refractivity (Wildman–Crippen MR) is 101 cm³/mol. The predicted octanol–water partition coefficient (Wildman–Crippen LogP) is 1.75. The Kier molecular flexibility index (Phi) is 5.97. The van der Waals surface area contributed by atoms with Gasteiger partial charge in [-0.2, -0.15) is 0 Å². The van der Waals surface area contributed by atoms with E-state index in [4.69, 9.17) is 4.74 Å². The van der Waals surface area contributed by atoms with Crippen LogP contribution in [-0.4, -0.2) is 30.0 Å². The molecular formula is C18H22N2O5S2. The summed E-state index contributed by atoms with van der Waals surface area (Å²) in [5.41, 5.74) is 1.76. The van der Waals surface area contributed by atoms with Gasteiger partial charge >= 0.3 is 0 Å². The van der Waals surface area contributed by atoms with Crippen molar-refractivity contribution in [3.8, 4) is 0 Å². The second-order valence-corrected chi connectivity index (χ2v) is 9.93. The zero-order valence-corrected chi connectivity index (χ0v) is 16.5. The normalized spacial score (nSPS) is 15.0. The van der Waals surface area contributed by atoms with Crippen molar-refractivity contribution in [1.29, 1.82) is 0 Å². The van der Waals surface area contributed by atoms with Crippen molar-refractivity contribution < 1.29 is 21.6 Å². The second kappa shape index (κ2) is 8.07. The summed E-state index contributed by atoms with van der Waals surface area (Å²) in [6.45, 7) is 0.578. The molecule has 7 nitrogen and oxygen atoms in total. The fraction of sp³-hybridized carbons (Fsp3) is 0.333. The summed E-state index contributed by atoms with van der Waals surface area (Å²) < 4.78 is 59.4. The number of methoxy groups -OCH3 is 1. The van der Waals surface area contributed by atoms with E-state index < -0.39 is 20.0 Å². The van der Waals surface area contributed by atoms with Crippen LogP contribution in [0.3, 0.4) is 0 Å². The monoisotopic (exact) mass is 410 g/mol. The second-order valence-electron chi connectivity index (χ2n) is 6.44. The number of rotatable bonds is 9. The molecule has 0 bridgehead atoms. The highest BCUT2D eigenvalue weighted by Gasteiger charge is 2.28. The van der Waals surface area contributed by atoms with Gasteiger partial charge in [0.15, 0.2) is 0 Å². The molecule has 0 heterocycles. The van der Waals surface area contributed by atoms with Gasteiger partial charge in [0, 0.05) is 19.7 Å². The quantitative estimate of drug-likeness (QED) is 0.656. The lowest BCUT2D eigenvalue weighted by atomic mass is 10.1.